The molecule has 0 aliphatic carbocycles. The first kappa shape index (κ1) is 9.88. The van der Waals surface area contributed by atoms with Crippen LogP contribution in [0.5, 0.6) is 0 Å². The molecule has 1 fully saturated rings. The van der Waals surface area contributed by atoms with E-state index in [9.17, 15) is 5.11 Å². The van der Waals surface area contributed by atoms with Gasteiger partial charge in [-0.3, -0.25) is 0 Å². The van der Waals surface area contributed by atoms with Crippen molar-refractivity contribution in [2.45, 2.75) is 24.6 Å². The Morgan fingerprint density at radius 2 is 1.92 bits per heavy atom. The Bertz CT molecular complexity index is 136. The zero-order chi connectivity index (χ0) is 9.14. The van der Waals surface area contributed by atoms with Crippen LogP contribution in [0.15, 0.2) is 0 Å². The quantitative estimate of drug-likeness (QED) is 0.527. The van der Waals surface area contributed by atoms with Crippen molar-refractivity contribution in [1.29, 1.82) is 0 Å². The fourth-order valence-electron chi connectivity index (χ4n) is 1.23. The van der Waals surface area contributed by atoms with Gasteiger partial charge in [0.05, 0.1) is 6.61 Å². The van der Waals surface area contributed by atoms with Crippen LogP contribution in [0.1, 0.15) is 0 Å². The summed E-state index contributed by atoms with van der Waals surface area (Å²) in [7, 11) is 2.91. The van der Waals surface area contributed by atoms with Crippen LogP contribution in [0.2, 0.25) is 0 Å². The van der Waals surface area contributed by atoms with Gasteiger partial charge in [0.25, 0.3) is 0 Å². The lowest BCUT2D eigenvalue weighted by atomic mass is 10.1. The molecule has 0 amide bonds. The molecular weight excluding hydrogens is 164 g/mol. The Balaban J connectivity index is 2.51. The monoisotopic (exact) mass is 178 g/mol. The molecule has 1 rings (SSSR count). The molecule has 0 bridgehead atoms. The van der Waals surface area contributed by atoms with E-state index in [2.05, 4.69) is 0 Å². The summed E-state index contributed by atoms with van der Waals surface area (Å²) in [5, 5.41) is 18.5. The molecule has 0 radical (unpaired) electrons. The molecule has 0 aromatic heterocycles. The smallest absolute Gasteiger partial charge is 0.185 e. The molecule has 0 unspecified atom stereocenters. The van der Waals surface area contributed by atoms with E-state index in [1.165, 1.54) is 14.2 Å². The van der Waals surface area contributed by atoms with Gasteiger partial charge < -0.3 is 24.4 Å². The zero-order valence-electron chi connectivity index (χ0n) is 7.14. The van der Waals surface area contributed by atoms with Crippen molar-refractivity contribution in [3.05, 3.63) is 0 Å². The average Bonchev–Trinajstić information content (AvgIpc) is 2.38. The van der Waals surface area contributed by atoms with Gasteiger partial charge in [-0.15, -0.1) is 0 Å². The predicted octanol–water partition coefficient (Wildman–Crippen LogP) is -1.27. The van der Waals surface area contributed by atoms with Crippen molar-refractivity contribution < 1.29 is 24.4 Å². The van der Waals surface area contributed by atoms with Crippen molar-refractivity contribution >= 4 is 0 Å². The number of rotatable bonds is 3. The number of ether oxygens (including phenoxy) is 3. The third kappa shape index (κ3) is 1.75. The molecule has 3 atom stereocenters. The summed E-state index contributed by atoms with van der Waals surface area (Å²) in [4.78, 5) is 0. The summed E-state index contributed by atoms with van der Waals surface area (Å²) in [5.41, 5.74) is 0. The van der Waals surface area contributed by atoms with Crippen molar-refractivity contribution in [1.82, 2.24) is 0 Å². The Hall–Kier alpha value is -0.200. The van der Waals surface area contributed by atoms with Gasteiger partial charge in [0.2, 0.25) is 0 Å². The largest absolute Gasteiger partial charge is 0.388 e. The van der Waals surface area contributed by atoms with E-state index in [0.717, 1.165) is 0 Å². The minimum Gasteiger partial charge on any atom is -0.388 e. The summed E-state index contributed by atoms with van der Waals surface area (Å²) < 4.78 is 14.8. The summed E-state index contributed by atoms with van der Waals surface area (Å²) >= 11 is 0. The molecule has 0 spiro atoms. The van der Waals surface area contributed by atoms with Gasteiger partial charge in [-0.05, 0) is 0 Å². The SMILES string of the molecule is COC(OC)[C@@H]1OC[C@H](O)[C@@H]1O. The van der Waals surface area contributed by atoms with E-state index >= 15 is 0 Å². The number of aliphatic hydroxyl groups excluding tert-OH is 2. The average molecular weight is 178 g/mol. The lowest BCUT2D eigenvalue weighted by Gasteiger charge is -2.22. The number of hydrogen-bond acceptors (Lipinski definition) is 5. The van der Waals surface area contributed by atoms with Gasteiger partial charge in [-0.1, -0.05) is 0 Å². The predicted molar refractivity (Wildman–Crippen MR) is 39.6 cm³/mol. The van der Waals surface area contributed by atoms with Crippen molar-refractivity contribution in [2.24, 2.45) is 0 Å². The highest BCUT2D eigenvalue weighted by molar-refractivity contribution is 4.85. The van der Waals surface area contributed by atoms with Crippen LogP contribution >= 0.6 is 0 Å². The van der Waals surface area contributed by atoms with Crippen molar-refractivity contribution in [3.63, 3.8) is 0 Å². The van der Waals surface area contributed by atoms with Crippen LogP contribution in [0.3, 0.4) is 0 Å². The first-order chi connectivity index (χ1) is 5.70. The molecular formula is C7H14O5. The van der Waals surface area contributed by atoms with E-state index in [4.69, 9.17) is 19.3 Å². The van der Waals surface area contributed by atoms with E-state index in [0.29, 0.717) is 0 Å². The van der Waals surface area contributed by atoms with Crippen molar-refractivity contribution in [3.8, 4) is 0 Å². The molecule has 5 heteroatoms. The van der Waals surface area contributed by atoms with Gasteiger partial charge in [0, 0.05) is 14.2 Å². The van der Waals surface area contributed by atoms with Crippen LogP contribution in [0, 0.1) is 0 Å². The standard InChI is InChI=1S/C7H14O5/c1-10-7(11-2)6-5(9)4(8)3-12-6/h4-9H,3H2,1-2H3/t4-,5-,6+/m0/s1. The Kier molecular flexibility index (Phi) is 3.42. The van der Waals surface area contributed by atoms with Gasteiger partial charge in [-0.2, -0.15) is 0 Å². The maximum absolute atomic E-state index is 9.36. The fraction of sp³-hybridized carbons (Fsp3) is 1.00. The van der Waals surface area contributed by atoms with Crippen LogP contribution in [-0.4, -0.2) is 55.6 Å². The normalized spacial score (nSPS) is 36.2. The van der Waals surface area contributed by atoms with Gasteiger partial charge >= 0.3 is 0 Å². The fourth-order valence-corrected chi connectivity index (χ4v) is 1.23. The Morgan fingerprint density at radius 1 is 1.33 bits per heavy atom. The molecule has 12 heavy (non-hydrogen) atoms. The summed E-state index contributed by atoms with van der Waals surface area (Å²) in [6.07, 6.45) is -3.01. The molecule has 2 N–H and O–H groups in total. The molecule has 0 aromatic rings. The van der Waals surface area contributed by atoms with E-state index in [-0.39, 0.29) is 6.61 Å². The van der Waals surface area contributed by atoms with Gasteiger partial charge in [-0.25, -0.2) is 0 Å². The summed E-state index contributed by atoms with van der Waals surface area (Å²) in [6.45, 7) is 0.120. The van der Waals surface area contributed by atoms with E-state index in [1.807, 2.05) is 0 Å². The molecule has 5 nitrogen and oxygen atoms in total. The van der Waals surface area contributed by atoms with Crippen molar-refractivity contribution in [2.75, 3.05) is 20.8 Å². The maximum atomic E-state index is 9.36. The summed E-state index contributed by atoms with van der Waals surface area (Å²) in [6, 6.07) is 0. The number of aliphatic hydroxyl groups is 2. The molecule has 1 heterocycles. The zero-order valence-corrected chi connectivity index (χ0v) is 7.14. The van der Waals surface area contributed by atoms with Gasteiger partial charge in [0.1, 0.15) is 18.3 Å². The minimum absolute atomic E-state index is 0.120. The highest BCUT2D eigenvalue weighted by Crippen LogP contribution is 2.19. The Morgan fingerprint density at radius 3 is 2.25 bits per heavy atom. The highest BCUT2D eigenvalue weighted by Gasteiger charge is 2.40. The van der Waals surface area contributed by atoms with E-state index < -0.39 is 24.6 Å². The van der Waals surface area contributed by atoms with Crippen LogP contribution in [0.25, 0.3) is 0 Å². The third-order valence-corrected chi connectivity index (χ3v) is 1.92. The maximum Gasteiger partial charge on any atom is 0.185 e. The molecule has 72 valence electrons. The molecule has 0 aromatic carbocycles. The number of hydrogen-bond donors (Lipinski definition) is 2. The third-order valence-electron chi connectivity index (χ3n) is 1.92. The minimum atomic E-state index is -0.935. The topological polar surface area (TPSA) is 68.2 Å². The highest BCUT2D eigenvalue weighted by atomic mass is 16.7. The lowest BCUT2D eigenvalue weighted by Crippen LogP contribution is -2.40. The van der Waals surface area contributed by atoms with E-state index in [1.54, 1.807) is 0 Å². The first-order valence-electron chi connectivity index (χ1n) is 3.74. The van der Waals surface area contributed by atoms with Crippen LogP contribution < -0.4 is 0 Å². The molecule has 1 aliphatic rings. The molecule has 1 saturated heterocycles. The lowest BCUT2D eigenvalue weighted by molar-refractivity contribution is -0.185. The first-order valence-corrected chi connectivity index (χ1v) is 3.74. The molecule has 1 aliphatic heterocycles. The van der Waals surface area contributed by atoms with Crippen LogP contribution in [-0.2, 0) is 14.2 Å². The number of methoxy groups -OCH3 is 2. The Labute approximate surface area is 70.9 Å². The molecule has 0 saturated carbocycles. The summed E-state index contributed by atoms with van der Waals surface area (Å²) in [5.74, 6) is 0. The second-order valence-corrected chi connectivity index (χ2v) is 2.70. The van der Waals surface area contributed by atoms with Gasteiger partial charge in [0.15, 0.2) is 6.29 Å². The second kappa shape index (κ2) is 4.15. The van der Waals surface area contributed by atoms with Crippen LogP contribution in [0.4, 0.5) is 0 Å². The second-order valence-electron chi connectivity index (χ2n) is 2.70.